The minimum absolute atomic E-state index is 0.116. The standard InChI is InChI=1S/C17H23NO4/c1-21-15-11-14(19)17(15)7-9-18(10-8-17)16(20)22-12-13-5-3-2-4-6-13/h2-6,14-15,19H,7-12H2,1H3/t14-,15+/m0/s1. The van der Waals surface area contributed by atoms with Gasteiger partial charge in [0.25, 0.3) is 0 Å². The number of carbonyl (C=O) groups is 1. The van der Waals surface area contributed by atoms with Crippen molar-refractivity contribution in [3.63, 3.8) is 0 Å². The van der Waals surface area contributed by atoms with Crippen molar-refractivity contribution >= 4 is 6.09 Å². The van der Waals surface area contributed by atoms with Gasteiger partial charge in [0.2, 0.25) is 0 Å². The topological polar surface area (TPSA) is 59.0 Å². The third-order valence-electron chi connectivity index (χ3n) is 5.18. The van der Waals surface area contributed by atoms with Crippen LogP contribution in [-0.4, -0.2) is 48.5 Å². The summed E-state index contributed by atoms with van der Waals surface area (Å²) in [5.41, 5.74) is 0.823. The Labute approximate surface area is 130 Å². The van der Waals surface area contributed by atoms with Crippen molar-refractivity contribution in [1.29, 1.82) is 0 Å². The SMILES string of the molecule is CO[C@@H]1C[C@H](O)C12CCN(C(=O)OCc1ccccc1)CC2. The lowest BCUT2D eigenvalue weighted by molar-refractivity contribution is -0.199. The number of hydrogen-bond acceptors (Lipinski definition) is 4. The monoisotopic (exact) mass is 305 g/mol. The van der Waals surface area contributed by atoms with Crippen LogP contribution >= 0.6 is 0 Å². The smallest absolute Gasteiger partial charge is 0.410 e. The van der Waals surface area contributed by atoms with E-state index in [-0.39, 0.29) is 23.7 Å². The van der Waals surface area contributed by atoms with E-state index in [0.717, 1.165) is 18.4 Å². The highest BCUT2D eigenvalue weighted by molar-refractivity contribution is 5.67. The summed E-state index contributed by atoms with van der Waals surface area (Å²) in [4.78, 5) is 13.9. The molecule has 0 unspecified atom stereocenters. The van der Waals surface area contributed by atoms with Crippen LogP contribution in [0.5, 0.6) is 0 Å². The maximum atomic E-state index is 12.1. The molecule has 2 atom stereocenters. The van der Waals surface area contributed by atoms with E-state index in [2.05, 4.69) is 0 Å². The van der Waals surface area contributed by atoms with Crippen LogP contribution in [0, 0.1) is 5.41 Å². The van der Waals surface area contributed by atoms with Gasteiger partial charge in [-0.2, -0.15) is 0 Å². The van der Waals surface area contributed by atoms with Gasteiger partial charge in [-0.05, 0) is 18.4 Å². The third kappa shape index (κ3) is 2.71. The van der Waals surface area contributed by atoms with Gasteiger partial charge in [-0.1, -0.05) is 30.3 Å². The second kappa shape index (κ2) is 6.26. The number of rotatable bonds is 3. The molecule has 5 nitrogen and oxygen atoms in total. The highest BCUT2D eigenvalue weighted by Gasteiger charge is 2.56. The molecule has 1 aromatic rings. The molecule has 120 valence electrons. The first-order valence-corrected chi connectivity index (χ1v) is 7.82. The molecular weight excluding hydrogens is 282 g/mol. The number of aliphatic hydroxyl groups is 1. The van der Waals surface area contributed by atoms with Gasteiger partial charge in [-0.25, -0.2) is 4.79 Å². The normalized spacial score (nSPS) is 26.5. The number of benzene rings is 1. The molecule has 1 amide bonds. The predicted octanol–water partition coefficient (Wildman–Crippen LogP) is 2.19. The first-order chi connectivity index (χ1) is 10.7. The second-order valence-corrected chi connectivity index (χ2v) is 6.24. The van der Waals surface area contributed by atoms with E-state index < -0.39 is 0 Å². The lowest BCUT2D eigenvalue weighted by Gasteiger charge is -2.56. The Balaban J connectivity index is 1.50. The summed E-state index contributed by atoms with van der Waals surface area (Å²) in [6.07, 6.45) is 1.78. The zero-order valence-electron chi connectivity index (χ0n) is 12.9. The van der Waals surface area contributed by atoms with Crippen LogP contribution in [0.2, 0.25) is 0 Å². The van der Waals surface area contributed by atoms with Crippen LogP contribution in [0.15, 0.2) is 30.3 Å². The first-order valence-electron chi connectivity index (χ1n) is 7.82. The molecule has 3 rings (SSSR count). The Morgan fingerprint density at radius 3 is 2.59 bits per heavy atom. The van der Waals surface area contributed by atoms with Crippen molar-refractivity contribution < 1.29 is 19.4 Å². The molecule has 1 saturated heterocycles. The molecule has 2 fully saturated rings. The van der Waals surface area contributed by atoms with Crippen molar-refractivity contribution in [3.05, 3.63) is 35.9 Å². The molecule has 22 heavy (non-hydrogen) atoms. The van der Waals surface area contributed by atoms with E-state index in [1.165, 1.54) is 0 Å². The van der Waals surface area contributed by atoms with Crippen LogP contribution in [0.4, 0.5) is 4.79 Å². The summed E-state index contributed by atoms with van der Waals surface area (Å²) in [7, 11) is 1.69. The Hall–Kier alpha value is -1.59. The summed E-state index contributed by atoms with van der Waals surface area (Å²) in [5.74, 6) is 0. The fraction of sp³-hybridized carbons (Fsp3) is 0.588. The van der Waals surface area contributed by atoms with Gasteiger partial charge >= 0.3 is 6.09 Å². The van der Waals surface area contributed by atoms with Gasteiger partial charge in [0.05, 0.1) is 12.2 Å². The fourth-order valence-corrected chi connectivity index (χ4v) is 3.63. The highest BCUT2D eigenvalue weighted by atomic mass is 16.6. The summed E-state index contributed by atoms with van der Waals surface area (Å²) in [6, 6.07) is 9.66. The molecule has 0 radical (unpaired) electrons. The Morgan fingerprint density at radius 1 is 1.32 bits per heavy atom. The van der Waals surface area contributed by atoms with E-state index >= 15 is 0 Å². The van der Waals surface area contributed by atoms with Crippen molar-refractivity contribution in [3.8, 4) is 0 Å². The predicted molar refractivity (Wildman–Crippen MR) is 81.3 cm³/mol. The molecule has 0 aromatic heterocycles. The summed E-state index contributed by atoms with van der Waals surface area (Å²) in [5, 5.41) is 10.1. The van der Waals surface area contributed by atoms with Gasteiger partial charge in [0.15, 0.2) is 0 Å². The lowest BCUT2D eigenvalue weighted by Crippen LogP contribution is -2.62. The Kier molecular flexibility index (Phi) is 4.36. The third-order valence-corrected chi connectivity index (χ3v) is 5.18. The van der Waals surface area contributed by atoms with E-state index in [1.54, 1.807) is 12.0 Å². The zero-order chi connectivity index (χ0) is 15.6. The summed E-state index contributed by atoms with van der Waals surface area (Å²) in [6.45, 7) is 1.53. The van der Waals surface area contributed by atoms with Crippen molar-refractivity contribution in [2.45, 2.75) is 38.1 Å². The number of hydrogen-bond donors (Lipinski definition) is 1. The quantitative estimate of drug-likeness (QED) is 0.930. The molecule has 1 heterocycles. The maximum Gasteiger partial charge on any atom is 0.410 e. The number of ether oxygens (including phenoxy) is 2. The molecule has 1 saturated carbocycles. The van der Waals surface area contributed by atoms with Crippen molar-refractivity contribution in [2.75, 3.05) is 20.2 Å². The minimum atomic E-state index is -0.306. The number of piperidine rings is 1. The Bertz CT molecular complexity index is 511. The van der Waals surface area contributed by atoms with Crippen molar-refractivity contribution in [2.24, 2.45) is 5.41 Å². The molecule has 1 aliphatic heterocycles. The van der Waals surface area contributed by atoms with E-state index in [4.69, 9.17) is 9.47 Å². The van der Waals surface area contributed by atoms with Gasteiger partial charge in [0, 0.05) is 32.0 Å². The maximum absolute atomic E-state index is 12.1. The number of nitrogens with zero attached hydrogens (tertiary/aromatic N) is 1. The van der Waals surface area contributed by atoms with Crippen LogP contribution in [0.25, 0.3) is 0 Å². The average molecular weight is 305 g/mol. The second-order valence-electron chi connectivity index (χ2n) is 6.24. The van der Waals surface area contributed by atoms with Gasteiger partial charge in [-0.15, -0.1) is 0 Å². The molecule has 1 N–H and O–H groups in total. The largest absolute Gasteiger partial charge is 0.445 e. The number of aliphatic hydroxyl groups excluding tert-OH is 1. The molecule has 2 aliphatic rings. The number of likely N-dealkylation sites (tertiary alicyclic amines) is 1. The summed E-state index contributed by atoms with van der Waals surface area (Å²) >= 11 is 0. The van der Waals surface area contributed by atoms with Crippen LogP contribution < -0.4 is 0 Å². The molecule has 0 bridgehead atoms. The number of carbonyl (C=O) groups excluding carboxylic acids is 1. The van der Waals surface area contributed by atoms with Crippen LogP contribution in [0.1, 0.15) is 24.8 Å². The number of amides is 1. The summed E-state index contributed by atoms with van der Waals surface area (Å²) < 4.78 is 10.8. The van der Waals surface area contributed by atoms with Crippen LogP contribution in [0.3, 0.4) is 0 Å². The lowest BCUT2D eigenvalue weighted by atomic mass is 9.58. The van der Waals surface area contributed by atoms with Crippen LogP contribution in [-0.2, 0) is 16.1 Å². The highest BCUT2D eigenvalue weighted by Crippen LogP contribution is 2.50. The Morgan fingerprint density at radius 2 is 2.00 bits per heavy atom. The average Bonchev–Trinajstić information content (AvgIpc) is 2.58. The molecule has 1 aliphatic carbocycles. The van der Waals surface area contributed by atoms with E-state index in [1.807, 2.05) is 30.3 Å². The number of methoxy groups -OCH3 is 1. The van der Waals surface area contributed by atoms with Crippen molar-refractivity contribution in [1.82, 2.24) is 4.90 Å². The molecule has 5 heteroatoms. The fourth-order valence-electron chi connectivity index (χ4n) is 3.63. The minimum Gasteiger partial charge on any atom is -0.445 e. The van der Waals surface area contributed by atoms with E-state index in [9.17, 15) is 9.90 Å². The molecule has 1 aromatic carbocycles. The van der Waals surface area contributed by atoms with Gasteiger partial charge in [0.1, 0.15) is 6.61 Å². The van der Waals surface area contributed by atoms with Gasteiger partial charge < -0.3 is 19.5 Å². The van der Waals surface area contributed by atoms with E-state index in [0.29, 0.717) is 26.1 Å². The van der Waals surface area contributed by atoms with Gasteiger partial charge in [-0.3, -0.25) is 0 Å². The zero-order valence-corrected chi connectivity index (χ0v) is 12.9. The molecule has 1 spiro atoms. The first kappa shape index (κ1) is 15.3. The molecular formula is C17H23NO4.